The molecule has 1 heterocycles. The number of hydrogen-bond acceptors (Lipinski definition) is 4. The quantitative estimate of drug-likeness (QED) is 0.373. The summed E-state index contributed by atoms with van der Waals surface area (Å²) in [6.45, 7) is 0. The zero-order valence-electron chi connectivity index (χ0n) is 17.9. The summed E-state index contributed by atoms with van der Waals surface area (Å²) in [6.07, 6.45) is 0. The van der Waals surface area contributed by atoms with E-state index in [0.717, 1.165) is 56.6 Å². The average Bonchev–Trinajstić information content (AvgIpc) is 2.85. The normalized spacial score (nSPS) is 12.4. The Labute approximate surface area is 187 Å². The van der Waals surface area contributed by atoms with Gasteiger partial charge in [-0.15, -0.1) is 0 Å². The molecule has 0 spiro atoms. The first-order valence-electron chi connectivity index (χ1n) is 10.4. The van der Waals surface area contributed by atoms with E-state index < -0.39 is 0 Å². The minimum absolute atomic E-state index is 0.725. The van der Waals surface area contributed by atoms with Crippen LogP contribution in [-0.4, -0.2) is 25.6 Å². The van der Waals surface area contributed by atoms with Crippen LogP contribution in [0.5, 0.6) is 11.5 Å². The second-order valence-corrected chi connectivity index (χ2v) is 7.36. The zero-order valence-corrected chi connectivity index (χ0v) is 17.9. The molecular formula is C28H22N2O2. The van der Waals surface area contributed by atoms with Gasteiger partial charge in [-0.3, -0.25) is 0 Å². The molecule has 4 aromatic rings. The highest BCUT2D eigenvalue weighted by molar-refractivity contribution is 6.54. The number of nitrogens with zero attached hydrogens (tertiary/aromatic N) is 2. The van der Waals surface area contributed by atoms with Crippen molar-refractivity contribution in [2.75, 3.05) is 14.2 Å². The van der Waals surface area contributed by atoms with E-state index >= 15 is 0 Å². The number of rotatable bonds is 4. The summed E-state index contributed by atoms with van der Waals surface area (Å²) in [5.74, 6) is 1.45. The summed E-state index contributed by atoms with van der Waals surface area (Å²) in [6, 6.07) is 32.1. The van der Waals surface area contributed by atoms with Gasteiger partial charge in [0.05, 0.1) is 48.1 Å². The van der Waals surface area contributed by atoms with Gasteiger partial charge in [-0.05, 0) is 24.3 Å². The molecule has 0 unspecified atom stereocenters. The minimum atomic E-state index is 0.725. The van der Waals surface area contributed by atoms with Crippen LogP contribution in [0.4, 0.5) is 11.4 Å². The van der Waals surface area contributed by atoms with Crippen molar-refractivity contribution in [3.8, 4) is 22.6 Å². The number of methoxy groups -OCH3 is 2. The van der Waals surface area contributed by atoms with Crippen LogP contribution in [0.2, 0.25) is 0 Å². The van der Waals surface area contributed by atoms with Crippen molar-refractivity contribution >= 4 is 22.8 Å². The van der Waals surface area contributed by atoms with Gasteiger partial charge in [0.25, 0.3) is 0 Å². The maximum Gasteiger partial charge on any atom is 0.129 e. The zero-order chi connectivity index (χ0) is 21.9. The van der Waals surface area contributed by atoms with E-state index in [1.54, 1.807) is 14.2 Å². The van der Waals surface area contributed by atoms with Crippen molar-refractivity contribution in [3.63, 3.8) is 0 Å². The van der Waals surface area contributed by atoms with E-state index in [2.05, 4.69) is 24.3 Å². The number of fused-ring (bicyclic) bond motifs is 3. The summed E-state index contributed by atoms with van der Waals surface area (Å²) in [5.41, 5.74) is 6.94. The molecule has 0 aromatic heterocycles. The van der Waals surface area contributed by atoms with E-state index in [0.29, 0.717) is 0 Å². The van der Waals surface area contributed by atoms with Crippen molar-refractivity contribution in [1.29, 1.82) is 0 Å². The van der Waals surface area contributed by atoms with Crippen molar-refractivity contribution in [2.24, 2.45) is 9.98 Å². The molecule has 1 aliphatic rings. The molecule has 4 heteroatoms. The Bertz CT molecular complexity index is 1220. The topological polar surface area (TPSA) is 43.2 Å². The molecule has 0 aliphatic carbocycles. The molecular weight excluding hydrogens is 396 g/mol. The molecule has 1 aliphatic heterocycles. The molecule has 32 heavy (non-hydrogen) atoms. The Hall–Kier alpha value is -4.18. The van der Waals surface area contributed by atoms with E-state index in [-0.39, 0.29) is 0 Å². The van der Waals surface area contributed by atoms with Crippen LogP contribution in [0.1, 0.15) is 11.1 Å². The first-order valence-corrected chi connectivity index (χ1v) is 10.4. The summed E-state index contributed by atoms with van der Waals surface area (Å²) in [7, 11) is 3.34. The van der Waals surface area contributed by atoms with Crippen LogP contribution in [0.3, 0.4) is 0 Å². The lowest BCUT2D eigenvalue weighted by atomic mass is 9.95. The van der Waals surface area contributed by atoms with Crippen molar-refractivity contribution in [1.82, 2.24) is 0 Å². The van der Waals surface area contributed by atoms with Gasteiger partial charge in [-0.2, -0.15) is 0 Å². The van der Waals surface area contributed by atoms with Gasteiger partial charge in [-0.25, -0.2) is 9.98 Å². The molecule has 0 atom stereocenters. The lowest BCUT2D eigenvalue weighted by Gasteiger charge is -2.21. The largest absolute Gasteiger partial charge is 0.496 e. The lowest BCUT2D eigenvalue weighted by Crippen LogP contribution is -2.18. The monoisotopic (exact) mass is 418 g/mol. The van der Waals surface area contributed by atoms with Gasteiger partial charge >= 0.3 is 0 Å². The number of hydrogen-bond donors (Lipinski definition) is 0. The second-order valence-electron chi connectivity index (χ2n) is 7.36. The SMILES string of the molecule is COc1cccc2c1-c1c(cccc1OC)N=C(c1ccccc1)C(c1ccccc1)=N2. The standard InChI is InChI=1S/C28H22N2O2/c1-31-23-17-9-15-21-25(23)26-22(16-10-18-24(26)32-2)30-28(20-13-7-4-8-14-20)27(29-21)19-11-5-3-6-12-19/h3-18H,1-2H3. The highest BCUT2D eigenvalue weighted by Gasteiger charge is 2.24. The third-order valence-electron chi connectivity index (χ3n) is 5.48. The van der Waals surface area contributed by atoms with Crippen LogP contribution in [0.15, 0.2) is 107 Å². The molecule has 5 rings (SSSR count). The molecule has 4 aromatic carbocycles. The fourth-order valence-electron chi connectivity index (χ4n) is 4.01. The molecule has 0 amide bonds. The molecule has 0 saturated carbocycles. The van der Waals surface area contributed by atoms with Crippen molar-refractivity contribution in [3.05, 3.63) is 108 Å². The first kappa shape index (κ1) is 19.8. The predicted molar refractivity (Wildman–Crippen MR) is 130 cm³/mol. The van der Waals surface area contributed by atoms with E-state index in [9.17, 15) is 0 Å². The molecule has 0 fully saturated rings. The van der Waals surface area contributed by atoms with Gasteiger partial charge in [-0.1, -0.05) is 72.8 Å². The van der Waals surface area contributed by atoms with Gasteiger partial charge in [0.2, 0.25) is 0 Å². The molecule has 0 N–H and O–H groups in total. The number of benzene rings is 4. The minimum Gasteiger partial charge on any atom is -0.496 e. The number of ether oxygens (including phenoxy) is 2. The maximum absolute atomic E-state index is 5.74. The molecule has 156 valence electrons. The Morgan fingerprint density at radius 1 is 0.469 bits per heavy atom. The Kier molecular flexibility index (Phi) is 5.26. The molecule has 4 nitrogen and oxygen atoms in total. The predicted octanol–water partition coefficient (Wildman–Crippen LogP) is 6.63. The molecule has 0 saturated heterocycles. The van der Waals surface area contributed by atoms with E-state index in [1.807, 2.05) is 72.8 Å². The van der Waals surface area contributed by atoms with Gasteiger partial charge in [0.15, 0.2) is 0 Å². The van der Waals surface area contributed by atoms with Gasteiger partial charge in [0.1, 0.15) is 11.5 Å². The third-order valence-corrected chi connectivity index (χ3v) is 5.48. The van der Waals surface area contributed by atoms with Crippen LogP contribution < -0.4 is 9.47 Å². The van der Waals surface area contributed by atoms with Crippen LogP contribution >= 0.6 is 0 Å². The summed E-state index contributed by atoms with van der Waals surface area (Å²) >= 11 is 0. The van der Waals surface area contributed by atoms with Crippen LogP contribution in [0.25, 0.3) is 11.1 Å². The fraction of sp³-hybridized carbons (Fsp3) is 0.0714. The highest BCUT2D eigenvalue weighted by atomic mass is 16.5. The second kappa shape index (κ2) is 8.52. The molecule has 0 bridgehead atoms. The molecule has 0 radical (unpaired) electrons. The summed E-state index contributed by atoms with van der Waals surface area (Å²) < 4.78 is 11.5. The summed E-state index contributed by atoms with van der Waals surface area (Å²) in [4.78, 5) is 10.3. The Morgan fingerprint density at radius 3 is 1.25 bits per heavy atom. The van der Waals surface area contributed by atoms with Crippen molar-refractivity contribution < 1.29 is 9.47 Å². The van der Waals surface area contributed by atoms with Gasteiger partial charge < -0.3 is 9.47 Å². The maximum atomic E-state index is 5.74. The lowest BCUT2D eigenvalue weighted by molar-refractivity contribution is 0.410. The fourth-order valence-corrected chi connectivity index (χ4v) is 4.01. The number of aliphatic imine (C=N–C) groups is 2. The Balaban J connectivity index is 1.91. The highest BCUT2D eigenvalue weighted by Crippen LogP contribution is 2.48. The third kappa shape index (κ3) is 3.46. The van der Waals surface area contributed by atoms with Crippen LogP contribution in [0, 0.1) is 0 Å². The Morgan fingerprint density at radius 2 is 0.875 bits per heavy atom. The van der Waals surface area contributed by atoms with E-state index in [1.165, 1.54) is 0 Å². The average molecular weight is 418 g/mol. The smallest absolute Gasteiger partial charge is 0.129 e. The first-order chi connectivity index (χ1) is 15.8. The van der Waals surface area contributed by atoms with Gasteiger partial charge in [0, 0.05) is 11.1 Å². The van der Waals surface area contributed by atoms with Crippen molar-refractivity contribution in [2.45, 2.75) is 0 Å². The van der Waals surface area contributed by atoms with E-state index in [4.69, 9.17) is 19.5 Å². The summed E-state index contributed by atoms with van der Waals surface area (Å²) in [5, 5.41) is 0. The van der Waals surface area contributed by atoms with Crippen LogP contribution in [-0.2, 0) is 0 Å².